The van der Waals surface area contributed by atoms with Crippen LogP contribution in [-0.2, 0) is 12.0 Å². The maximum atomic E-state index is 9.17. The molecule has 1 aliphatic rings. The highest BCUT2D eigenvalue weighted by atomic mass is 15.5. The lowest BCUT2D eigenvalue weighted by Gasteiger charge is -2.21. The summed E-state index contributed by atoms with van der Waals surface area (Å²) in [6.07, 6.45) is 1.90. The Morgan fingerprint density at radius 3 is 2.07 bits per heavy atom. The van der Waals surface area contributed by atoms with Crippen LogP contribution in [0, 0.1) is 5.41 Å². The van der Waals surface area contributed by atoms with Crippen LogP contribution in [0.1, 0.15) is 36.1 Å². The van der Waals surface area contributed by atoms with Gasteiger partial charge in [-0.2, -0.15) is 5.10 Å². The molecule has 0 saturated carbocycles. The first kappa shape index (κ1) is 27.8. The molecule has 46 heavy (non-hydrogen) atoms. The third-order valence-electron chi connectivity index (χ3n) is 9.40. The summed E-state index contributed by atoms with van der Waals surface area (Å²) in [5.74, 6) is 0.350. The van der Waals surface area contributed by atoms with Gasteiger partial charge in [-0.3, -0.25) is 9.98 Å². The van der Waals surface area contributed by atoms with Crippen molar-refractivity contribution in [3.8, 4) is 22.3 Å². The first-order chi connectivity index (χ1) is 22.5. The number of aromatic nitrogens is 1. The molecule has 0 unspecified atom stereocenters. The van der Waals surface area contributed by atoms with E-state index >= 15 is 0 Å². The Kier molecular flexibility index (Phi) is 6.65. The van der Waals surface area contributed by atoms with Crippen LogP contribution in [0.2, 0.25) is 0 Å². The van der Waals surface area contributed by atoms with Gasteiger partial charge in [0.2, 0.25) is 0 Å². The number of fused-ring (bicyclic) bond motifs is 6. The molecule has 6 aromatic carbocycles. The maximum absolute atomic E-state index is 9.17. The minimum Gasteiger partial charge on any atom is -0.298 e. The fourth-order valence-electron chi connectivity index (χ4n) is 6.97. The van der Waals surface area contributed by atoms with Gasteiger partial charge in [-0.25, -0.2) is 5.01 Å². The number of hydrogen-bond acceptors (Lipinski definition) is 2. The third kappa shape index (κ3) is 4.62. The van der Waals surface area contributed by atoms with E-state index in [-0.39, 0.29) is 5.41 Å². The summed E-state index contributed by atoms with van der Waals surface area (Å²) >= 11 is 0. The lowest BCUT2D eigenvalue weighted by Crippen LogP contribution is -2.26. The van der Waals surface area contributed by atoms with Crippen molar-refractivity contribution in [3.63, 3.8) is 0 Å². The molecular weight excluding hydrogens is 560 g/mol. The minimum atomic E-state index is -0.0934. The largest absolute Gasteiger partial charge is 0.298 e. The zero-order valence-corrected chi connectivity index (χ0v) is 26.0. The summed E-state index contributed by atoms with van der Waals surface area (Å²) in [4.78, 5) is 0. The average molecular weight is 595 g/mol. The molecule has 0 aliphatic heterocycles. The van der Waals surface area contributed by atoms with Gasteiger partial charge in [0.1, 0.15) is 12.2 Å². The second kappa shape index (κ2) is 11.0. The predicted molar refractivity (Wildman–Crippen MR) is 192 cm³/mol. The Labute approximate surface area is 269 Å². The average Bonchev–Trinajstić information content (AvgIpc) is 3.53. The SMILES string of the molecule is CC1(C)c2ccccc2-c2cc3c(cc21)c1ccc(-c2ccccc2)cc1n3/C=N/N(Cc1ccccc1)C(=N)c1ccccc1. The predicted octanol–water partition coefficient (Wildman–Crippen LogP) is 10.1. The van der Waals surface area contributed by atoms with Crippen LogP contribution in [0.4, 0.5) is 0 Å². The number of hydrogen-bond donors (Lipinski definition) is 1. The Morgan fingerprint density at radius 1 is 0.652 bits per heavy atom. The summed E-state index contributed by atoms with van der Waals surface area (Å²) in [6, 6.07) is 50.8. The fraction of sp³-hybridized carbons (Fsp3) is 0.0952. The zero-order valence-electron chi connectivity index (χ0n) is 26.0. The quantitative estimate of drug-likeness (QED) is 0.116. The van der Waals surface area contributed by atoms with Crippen LogP contribution in [0.5, 0.6) is 0 Å². The Bertz CT molecular complexity index is 2260. The molecule has 8 rings (SSSR count). The van der Waals surface area contributed by atoms with Gasteiger partial charge in [0.25, 0.3) is 0 Å². The summed E-state index contributed by atoms with van der Waals surface area (Å²) in [6.45, 7) is 5.14. The van der Waals surface area contributed by atoms with Crippen LogP contribution in [0.15, 0.2) is 151 Å². The highest BCUT2D eigenvalue weighted by Gasteiger charge is 2.36. The third-order valence-corrected chi connectivity index (χ3v) is 9.40. The van der Waals surface area contributed by atoms with Crippen molar-refractivity contribution in [2.45, 2.75) is 25.8 Å². The molecule has 1 heterocycles. The minimum absolute atomic E-state index is 0.0934. The summed E-state index contributed by atoms with van der Waals surface area (Å²) in [5.41, 5.74) is 11.6. The van der Waals surface area contributed by atoms with Gasteiger partial charge in [0, 0.05) is 21.8 Å². The van der Waals surface area contributed by atoms with Gasteiger partial charge >= 0.3 is 0 Å². The molecule has 222 valence electrons. The molecule has 0 spiro atoms. The number of hydrazone groups is 1. The van der Waals surface area contributed by atoms with E-state index in [1.54, 1.807) is 5.01 Å². The van der Waals surface area contributed by atoms with E-state index in [1.807, 2.05) is 54.9 Å². The number of amidine groups is 1. The van der Waals surface area contributed by atoms with Crippen molar-refractivity contribution in [2.75, 3.05) is 0 Å². The molecule has 1 N–H and O–H groups in total. The van der Waals surface area contributed by atoms with E-state index < -0.39 is 0 Å². The van der Waals surface area contributed by atoms with E-state index in [0.717, 1.165) is 27.7 Å². The molecule has 0 fully saturated rings. The number of nitrogens with one attached hydrogen (secondary N) is 1. The second-order valence-electron chi connectivity index (χ2n) is 12.5. The summed E-state index contributed by atoms with van der Waals surface area (Å²) < 4.78 is 2.21. The Hall–Kier alpha value is -5.74. The topological polar surface area (TPSA) is 44.4 Å². The molecule has 1 aromatic heterocycles. The smallest absolute Gasteiger partial charge is 0.149 e. The number of nitrogens with zero attached hydrogens (tertiary/aromatic N) is 3. The first-order valence-corrected chi connectivity index (χ1v) is 15.8. The van der Waals surface area contributed by atoms with Gasteiger partial charge in [-0.15, -0.1) is 0 Å². The van der Waals surface area contributed by atoms with Gasteiger partial charge in [-0.05, 0) is 57.1 Å². The molecular formula is C42H34N4. The molecule has 1 aliphatic carbocycles. The van der Waals surface area contributed by atoms with Crippen LogP contribution < -0.4 is 0 Å². The van der Waals surface area contributed by atoms with Crippen molar-refractivity contribution in [1.29, 1.82) is 5.41 Å². The number of benzene rings is 6. The monoisotopic (exact) mass is 594 g/mol. The molecule has 4 nitrogen and oxygen atoms in total. The van der Waals surface area contributed by atoms with Gasteiger partial charge in [0.15, 0.2) is 0 Å². The highest BCUT2D eigenvalue weighted by molar-refractivity contribution is 6.14. The fourth-order valence-corrected chi connectivity index (χ4v) is 6.97. The van der Waals surface area contributed by atoms with Crippen molar-refractivity contribution >= 4 is 34.0 Å². The lowest BCUT2D eigenvalue weighted by atomic mass is 9.82. The standard InChI is InChI=1S/C42H34N4/c1-42(2)37-21-13-12-20-33(37)35-26-40-36(25-38(35)42)34-23-22-32(30-16-8-4-9-17-30)24-39(34)45(40)28-44-46(27-29-14-6-3-7-15-29)41(43)31-18-10-5-11-19-31/h3-26,28,43H,27H2,1-2H3/b43-41?,44-28+. The molecule has 7 aromatic rings. The van der Waals surface area contributed by atoms with Crippen LogP contribution in [-0.4, -0.2) is 21.8 Å². The molecule has 0 radical (unpaired) electrons. The highest BCUT2D eigenvalue weighted by Crippen LogP contribution is 2.50. The molecule has 0 saturated heterocycles. The Balaban J connectivity index is 1.34. The van der Waals surface area contributed by atoms with Crippen molar-refractivity contribution in [1.82, 2.24) is 9.58 Å². The van der Waals surface area contributed by atoms with E-state index in [1.165, 1.54) is 38.6 Å². The summed E-state index contributed by atoms with van der Waals surface area (Å²) in [7, 11) is 0. The van der Waals surface area contributed by atoms with E-state index in [9.17, 15) is 0 Å². The van der Waals surface area contributed by atoms with Crippen molar-refractivity contribution in [2.24, 2.45) is 5.10 Å². The zero-order chi connectivity index (χ0) is 31.3. The van der Waals surface area contributed by atoms with Gasteiger partial charge in [-0.1, -0.05) is 141 Å². The molecule has 4 heteroatoms. The Morgan fingerprint density at radius 2 is 1.30 bits per heavy atom. The normalized spacial score (nSPS) is 13.3. The van der Waals surface area contributed by atoms with Crippen LogP contribution in [0.25, 0.3) is 44.1 Å². The van der Waals surface area contributed by atoms with E-state index in [4.69, 9.17) is 10.5 Å². The molecule has 0 amide bonds. The lowest BCUT2D eigenvalue weighted by molar-refractivity contribution is 0.438. The number of rotatable bonds is 6. The molecule has 0 bridgehead atoms. The van der Waals surface area contributed by atoms with E-state index in [0.29, 0.717) is 12.4 Å². The first-order valence-electron chi connectivity index (χ1n) is 15.8. The van der Waals surface area contributed by atoms with Crippen LogP contribution in [0.3, 0.4) is 0 Å². The van der Waals surface area contributed by atoms with Gasteiger partial charge < -0.3 is 0 Å². The van der Waals surface area contributed by atoms with Crippen LogP contribution >= 0.6 is 0 Å². The second-order valence-corrected chi connectivity index (χ2v) is 12.5. The van der Waals surface area contributed by atoms with Crippen molar-refractivity contribution < 1.29 is 0 Å². The summed E-state index contributed by atoms with van der Waals surface area (Å²) in [5, 5.41) is 18.4. The van der Waals surface area contributed by atoms with Gasteiger partial charge in [0.05, 0.1) is 17.6 Å². The molecule has 0 atom stereocenters. The van der Waals surface area contributed by atoms with Crippen molar-refractivity contribution in [3.05, 3.63) is 168 Å². The maximum Gasteiger partial charge on any atom is 0.149 e. The van der Waals surface area contributed by atoms with E-state index in [2.05, 4.69) is 115 Å².